The van der Waals surface area contributed by atoms with E-state index in [-0.39, 0.29) is 13.1 Å². The number of rotatable bonds is 3. The highest BCUT2D eigenvalue weighted by Crippen LogP contribution is 2.29. The van der Waals surface area contributed by atoms with Gasteiger partial charge in [0, 0.05) is 20.1 Å². The molecule has 0 saturated carbocycles. The van der Waals surface area contributed by atoms with Gasteiger partial charge in [-0.1, -0.05) is 0 Å². The number of hydrogen-bond acceptors (Lipinski definition) is 2. The predicted octanol–water partition coefficient (Wildman–Crippen LogP) is 1.78. The highest BCUT2D eigenvalue weighted by Gasteiger charge is 2.27. The van der Waals surface area contributed by atoms with E-state index in [4.69, 9.17) is 5.73 Å². The summed E-state index contributed by atoms with van der Waals surface area (Å²) in [5.41, 5.74) is 4.15. The molecule has 0 bridgehead atoms. The molecule has 1 rings (SSSR count). The normalized spacial score (nSPS) is 10.7. The predicted molar refractivity (Wildman–Crippen MR) is 48.6 cm³/mol. The van der Waals surface area contributed by atoms with Gasteiger partial charge in [0.05, 0.1) is 0 Å². The molecule has 1 aromatic carbocycles. The van der Waals surface area contributed by atoms with Crippen LogP contribution in [-0.2, 0) is 0 Å². The summed E-state index contributed by atoms with van der Waals surface area (Å²) in [6, 6.07) is 0. The Kier molecular flexibility index (Phi) is 3.69. The topological polar surface area (TPSA) is 29.3 Å². The molecule has 2 N–H and O–H groups in total. The van der Waals surface area contributed by atoms with E-state index in [1.54, 1.807) is 0 Å². The third kappa shape index (κ3) is 1.95. The molecule has 16 heavy (non-hydrogen) atoms. The number of anilines is 1. The summed E-state index contributed by atoms with van der Waals surface area (Å²) in [6.07, 6.45) is 0. The largest absolute Gasteiger partial charge is 0.368 e. The van der Waals surface area contributed by atoms with E-state index in [1.165, 1.54) is 7.05 Å². The number of hydrogen-bond donors (Lipinski definition) is 1. The summed E-state index contributed by atoms with van der Waals surface area (Å²) in [5, 5.41) is 0. The number of nitrogens with zero attached hydrogens (tertiary/aromatic N) is 1. The lowest BCUT2D eigenvalue weighted by molar-refractivity contribution is 0.379. The molecule has 0 aliphatic rings. The summed E-state index contributed by atoms with van der Waals surface area (Å²) in [5.74, 6) is -9.80. The molecule has 0 atom stereocenters. The van der Waals surface area contributed by atoms with Crippen LogP contribution in [0.25, 0.3) is 0 Å². The minimum Gasteiger partial charge on any atom is -0.368 e. The molecule has 2 nitrogen and oxygen atoms in total. The van der Waals surface area contributed by atoms with Crippen LogP contribution in [-0.4, -0.2) is 20.1 Å². The van der Waals surface area contributed by atoms with Crippen molar-refractivity contribution in [1.29, 1.82) is 0 Å². The van der Waals surface area contributed by atoms with Crippen LogP contribution in [0.5, 0.6) is 0 Å². The maximum absolute atomic E-state index is 13.2. The summed E-state index contributed by atoms with van der Waals surface area (Å²) < 4.78 is 64.6. The smallest absolute Gasteiger partial charge is 0.200 e. The van der Waals surface area contributed by atoms with Gasteiger partial charge in [0.25, 0.3) is 0 Å². The molecule has 7 heteroatoms. The van der Waals surface area contributed by atoms with Gasteiger partial charge in [0.1, 0.15) is 5.69 Å². The molecule has 0 heterocycles. The van der Waals surface area contributed by atoms with Gasteiger partial charge in [-0.25, -0.2) is 22.0 Å². The van der Waals surface area contributed by atoms with Gasteiger partial charge in [0.15, 0.2) is 23.3 Å². The molecule has 0 aliphatic carbocycles. The first-order chi connectivity index (χ1) is 7.41. The molecule has 0 aliphatic heterocycles. The maximum atomic E-state index is 13.2. The Morgan fingerprint density at radius 1 is 0.875 bits per heavy atom. The standard InChI is InChI=1S/C9H9F5N2/c1-16(3-2-15)9-7(13)5(11)4(10)6(12)8(9)14/h2-3,15H2,1H3. The fourth-order valence-corrected chi connectivity index (χ4v) is 1.23. The van der Waals surface area contributed by atoms with Crippen LogP contribution in [0.3, 0.4) is 0 Å². The zero-order valence-corrected chi connectivity index (χ0v) is 8.33. The molecule has 0 amide bonds. The Balaban J connectivity index is 3.39. The first-order valence-corrected chi connectivity index (χ1v) is 4.34. The summed E-state index contributed by atoms with van der Waals surface area (Å²) in [4.78, 5) is 0.871. The van der Waals surface area contributed by atoms with Crippen LogP contribution in [0.4, 0.5) is 27.6 Å². The van der Waals surface area contributed by atoms with Gasteiger partial charge >= 0.3 is 0 Å². The molecule has 90 valence electrons. The monoisotopic (exact) mass is 240 g/mol. The first-order valence-electron chi connectivity index (χ1n) is 4.34. The molecule has 1 aromatic rings. The summed E-state index contributed by atoms with van der Waals surface area (Å²) >= 11 is 0. The van der Waals surface area contributed by atoms with Crippen molar-refractivity contribution in [1.82, 2.24) is 0 Å². The Hall–Kier alpha value is -1.37. The maximum Gasteiger partial charge on any atom is 0.200 e. The number of benzene rings is 1. The van der Waals surface area contributed by atoms with Crippen LogP contribution >= 0.6 is 0 Å². The second-order valence-electron chi connectivity index (χ2n) is 3.13. The third-order valence-corrected chi connectivity index (χ3v) is 2.03. The van der Waals surface area contributed by atoms with Crippen molar-refractivity contribution in [3.05, 3.63) is 29.1 Å². The third-order valence-electron chi connectivity index (χ3n) is 2.03. The fraction of sp³-hybridized carbons (Fsp3) is 0.333. The van der Waals surface area contributed by atoms with Crippen molar-refractivity contribution in [2.24, 2.45) is 5.73 Å². The summed E-state index contributed by atoms with van der Waals surface area (Å²) in [6.45, 7) is -0.00561. The van der Waals surface area contributed by atoms with E-state index < -0.39 is 34.8 Å². The lowest BCUT2D eigenvalue weighted by atomic mass is 10.2. The Bertz CT molecular complexity index is 378. The molecular weight excluding hydrogens is 231 g/mol. The molecule has 0 unspecified atom stereocenters. The van der Waals surface area contributed by atoms with E-state index in [0.29, 0.717) is 0 Å². The van der Waals surface area contributed by atoms with Crippen LogP contribution in [0.1, 0.15) is 0 Å². The van der Waals surface area contributed by atoms with E-state index in [0.717, 1.165) is 4.90 Å². The van der Waals surface area contributed by atoms with E-state index in [9.17, 15) is 22.0 Å². The molecule has 0 aromatic heterocycles. The molecular formula is C9H9F5N2. The van der Waals surface area contributed by atoms with E-state index >= 15 is 0 Å². The zero-order chi connectivity index (χ0) is 12.5. The van der Waals surface area contributed by atoms with Crippen molar-refractivity contribution < 1.29 is 22.0 Å². The van der Waals surface area contributed by atoms with Gasteiger partial charge < -0.3 is 10.6 Å². The summed E-state index contributed by atoms with van der Waals surface area (Å²) in [7, 11) is 1.19. The van der Waals surface area contributed by atoms with Crippen molar-refractivity contribution in [3.63, 3.8) is 0 Å². The number of likely N-dealkylation sites (N-methyl/N-ethyl adjacent to an activating group) is 1. The molecule has 0 radical (unpaired) electrons. The minimum absolute atomic E-state index is 0.0238. The van der Waals surface area contributed by atoms with Gasteiger partial charge in [-0.15, -0.1) is 0 Å². The highest BCUT2D eigenvalue weighted by molar-refractivity contribution is 5.49. The SMILES string of the molecule is CN(CCN)c1c(F)c(F)c(F)c(F)c1F. The quantitative estimate of drug-likeness (QED) is 0.495. The van der Waals surface area contributed by atoms with Crippen LogP contribution in [0.15, 0.2) is 0 Å². The van der Waals surface area contributed by atoms with Crippen molar-refractivity contribution >= 4 is 5.69 Å². The van der Waals surface area contributed by atoms with Crippen molar-refractivity contribution in [2.45, 2.75) is 0 Å². The van der Waals surface area contributed by atoms with Crippen LogP contribution in [0, 0.1) is 29.1 Å². The lowest BCUT2D eigenvalue weighted by Crippen LogP contribution is -2.27. The first kappa shape index (κ1) is 12.7. The average molecular weight is 240 g/mol. The van der Waals surface area contributed by atoms with Gasteiger partial charge in [-0.2, -0.15) is 0 Å². The Labute approximate surface area is 88.5 Å². The molecule has 0 spiro atoms. The number of halogens is 5. The Morgan fingerprint density at radius 3 is 1.62 bits per heavy atom. The Morgan fingerprint density at radius 2 is 1.25 bits per heavy atom. The lowest BCUT2D eigenvalue weighted by Gasteiger charge is -2.20. The molecule has 0 saturated heterocycles. The number of nitrogens with two attached hydrogens (primary N) is 1. The van der Waals surface area contributed by atoms with Crippen LogP contribution in [0.2, 0.25) is 0 Å². The zero-order valence-electron chi connectivity index (χ0n) is 8.33. The average Bonchev–Trinajstić information content (AvgIpc) is 2.24. The van der Waals surface area contributed by atoms with Gasteiger partial charge in [-0.05, 0) is 0 Å². The minimum atomic E-state index is -2.17. The van der Waals surface area contributed by atoms with Crippen LogP contribution < -0.4 is 10.6 Å². The fourth-order valence-electron chi connectivity index (χ4n) is 1.23. The van der Waals surface area contributed by atoms with Gasteiger partial charge in [-0.3, -0.25) is 0 Å². The van der Waals surface area contributed by atoms with Crippen molar-refractivity contribution in [2.75, 3.05) is 25.0 Å². The second-order valence-corrected chi connectivity index (χ2v) is 3.13. The van der Waals surface area contributed by atoms with Gasteiger partial charge in [0.2, 0.25) is 5.82 Å². The second kappa shape index (κ2) is 4.65. The highest BCUT2D eigenvalue weighted by atomic mass is 19.2. The van der Waals surface area contributed by atoms with E-state index in [2.05, 4.69) is 0 Å². The van der Waals surface area contributed by atoms with Crippen molar-refractivity contribution in [3.8, 4) is 0 Å². The molecule has 0 fully saturated rings. The van der Waals surface area contributed by atoms with E-state index in [1.807, 2.05) is 0 Å².